The molecule has 0 bridgehead atoms. The van der Waals surface area contributed by atoms with E-state index in [2.05, 4.69) is 13.5 Å². The van der Waals surface area contributed by atoms with Crippen LogP contribution in [0.3, 0.4) is 0 Å². The Labute approximate surface area is 135 Å². The van der Waals surface area contributed by atoms with Gasteiger partial charge in [0.25, 0.3) is 5.97 Å². The highest BCUT2D eigenvalue weighted by Gasteiger charge is 2.44. The van der Waals surface area contributed by atoms with E-state index in [-0.39, 0.29) is 5.54 Å². The molecule has 0 aromatic rings. The molecule has 0 aromatic heterocycles. The SMILES string of the molecule is C1COC2(C1)OCCO2.C=C(C)CC(C)[Si](OC)(OC)OC. The molecule has 2 saturated heterocycles. The molecule has 0 aromatic carbocycles. The van der Waals surface area contributed by atoms with Crippen LogP contribution in [0.15, 0.2) is 12.2 Å². The molecule has 6 nitrogen and oxygen atoms in total. The molecular weight excluding hydrogens is 304 g/mol. The summed E-state index contributed by atoms with van der Waals surface area (Å²) in [6.07, 6.45) is 2.83. The normalized spacial score (nSPS) is 21.5. The predicted molar refractivity (Wildman–Crippen MR) is 85.5 cm³/mol. The second-order valence-corrected chi connectivity index (χ2v) is 9.03. The van der Waals surface area contributed by atoms with Gasteiger partial charge < -0.3 is 27.5 Å². The van der Waals surface area contributed by atoms with Gasteiger partial charge >= 0.3 is 8.80 Å². The van der Waals surface area contributed by atoms with Crippen LogP contribution in [0.5, 0.6) is 0 Å². The van der Waals surface area contributed by atoms with Crippen LogP contribution in [0, 0.1) is 0 Å². The number of hydrogen-bond donors (Lipinski definition) is 0. The van der Waals surface area contributed by atoms with Crippen LogP contribution in [-0.2, 0) is 27.5 Å². The van der Waals surface area contributed by atoms with Crippen molar-refractivity contribution in [2.45, 2.75) is 44.6 Å². The van der Waals surface area contributed by atoms with Crippen molar-refractivity contribution in [3.05, 3.63) is 12.2 Å². The lowest BCUT2D eigenvalue weighted by atomic mass is 10.2. The molecule has 0 N–H and O–H groups in total. The van der Waals surface area contributed by atoms with E-state index in [1.54, 1.807) is 21.3 Å². The third-order valence-electron chi connectivity index (χ3n) is 3.79. The zero-order valence-electron chi connectivity index (χ0n) is 14.5. The van der Waals surface area contributed by atoms with E-state index in [4.69, 9.17) is 27.5 Å². The Bertz CT molecular complexity index is 307. The van der Waals surface area contributed by atoms with Gasteiger partial charge in [0.05, 0.1) is 19.8 Å². The quantitative estimate of drug-likeness (QED) is 0.550. The van der Waals surface area contributed by atoms with Crippen molar-refractivity contribution < 1.29 is 27.5 Å². The van der Waals surface area contributed by atoms with Crippen molar-refractivity contribution in [3.63, 3.8) is 0 Å². The maximum atomic E-state index is 5.35. The maximum Gasteiger partial charge on any atom is 0.503 e. The molecule has 0 aliphatic carbocycles. The van der Waals surface area contributed by atoms with Crippen molar-refractivity contribution in [1.82, 2.24) is 0 Å². The third-order valence-corrected chi connectivity index (χ3v) is 6.91. The first-order valence-corrected chi connectivity index (χ1v) is 9.45. The van der Waals surface area contributed by atoms with Gasteiger partial charge in [0, 0.05) is 33.3 Å². The number of ether oxygens (including phenoxy) is 3. The topological polar surface area (TPSA) is 55.4 Å². The Hall–Kier alpha value is -0.283. The van der Waals surface area contributed by atoms with Crippen molar-refractivity contribution in [2.75, 3.05) is 41.2 Å². The van der Waals surface area contributed by atoms with Crippen molar-refractivity contribution in [1.29, 1.82) is 0 Å². The minimum absolute atomic E-state index is 0.255. The fraction of sp³-hybridized carbons (Fsp3) is 0.867. The highest BCUT2D eigenvalue weighted by Crippen LogP contribution is 2.31. The molecule has 1 spiro atoms. The fourth-order valence-electron chi connectivity index (χ4n) is 2.75. The van der Waals surface area contributed by atoms with Crippen molar-refractivity contribution >= 4 is 8.80 Å². The molecule has 130 valence electrons. The van der Waals surface area contributed by atoms with Gasteiger partial charge in [-0.2, -0.15) is 0 Å². The lowest BCUT2D eigenvalue weighted by Gasteiger charge is -2.30. The van der Waals surface area contributed by atoms with Crippen molar-refractivity contribution in [3.8, 4) is 0 Å². The third kappa shape index (κ3) is 5.12. The first-order chi connectivity index (χ1) is 10.4. The average Bonchev–Trinajstić information content (AvgIpc) is 3.15. The first kappa shape index (κ1) is 19.8. The summed E-state index contributed by atoms with van der Waals surface area (Å²) in [5.74, 6) is -0.611. The molecular formula is C15H30O6Si. The molecule has 2 aliphatic rings. The molecule has 0 radical (unpaired) electrons. The summed E-state index contributed by atoms with van der Waals surface area (Å²) in [6.45, 7) is 10.1. The van der Waals surface area contributed by atoms with Gasteiger partial charge in [0.15, 0.2) is 0 Å². The van der Waals surface area contributed by atoms with Crippen LogP contribution < -0.4 is 0 Å². The van der Waals surface area contributed by atoms with Gasteiger partial charge in [0.1, 0.15) is 0 Å². The van der Waals surface area contributed by atoms with E-state index < -0.39 is 14.8 Å². The second kappa shape index (κ2) is 9.12. The zero-order valence-corrected chi connectivity index (χ0v) is 15.5. The Morgan fingerprint density at radius 1 is 1.09 bits per heavy atom. The highest BCUT2D eigenvalue weighted by atomic mass is 28.4. The van der Waals surface area contributed by atoms with Gasteiger partial charge in [-0.05, 0) is 19.8 Å². The first-order valence-electron chi connectivity index (χ1n) is 7.65. The van der Waals surface area contributed by atoms with E-state index in [1.807, 2.05) is 6.92 Å². The molecule has 2 aliphatic heterocycles. The van der Waals surface area contributed by atoms with Crippen LogP contribution in [0.2, 0.25) is 5.54 Å². The summed E-state index contributed by atoms with van der Waals surface area (Å²) in [5, 5.41) is 0. The monoisotopic (exact) mass is 334 g/mol. The van der Waals surface area contributed by atoms with Crippen LogP contribution in [0.1, 0.15) is 33.1 Å². The lowest BCUT2D eigenvalue weighted by Crippen LogP contribution is -2.46. The molecule has 0 saturated carbocycles. The van der Waals surface area contributed by atoms with Crippen LogP contribution in [-0.4, -0.2) is 55.9 Å². The highest BCUT2D eigenvalue weighted by molar-refractivity contribution is 6.62. The predicted octanol–water partition coefficient (Wildman–Crippen LogP) is 2.72. The molecule has 1 unspecified atom stereocenters. The van der Waals surface area contributed by atoms with E-state index in [9.17, 15) is 0 Å². The van der Waals surface area contributed by atoms with Crippen LogP contribution in [0.4, 0.5) is 0 Å². The van der Waals surface area contributed by atoms with Crippen LogP contribution in [0.25, 0.3) is 0 Å². The number of rotatable bonds is 6. The molecule has 1 atom stereocenters. The molecule has 2 heterocycles. The summed E-state index contributed by atoms with van der Waals surface area (Å²) >= 11 is 0. The fourth-order valence-corrected chi connectivity index (χ4v) is 5.06. The summed E-state index contributed by atoms with van der Waals surface area (Å²) in [6, 6.07) is 0. The second-order valence-electron chi connectivity index (χ2n) is 5.61. The molecule has 2 fully saturated rings. The molecule has 22 heavy (non-hydrogen) atoms. The number of hydrogen-bond acceptors (Lipinski definition) is 6. The van der Waals surface area contributed by atoms with Gasteiger partial charge in [-0.15, -0.1) is 6.58 Å². The lowest BCUT2D eigenvalue weighted by molar-refractivity contribution is -0.307. The smallest absolute Gasteiger partial charge is 0.377 e. The molecule has 2 rings (SSSR count). The number of allylic oxidation sites excluding steroid dienone is 1. The standard InChI is InChI=1S/C9H20O3Si.C6H10O3/c1-8(2)7-9(3)13(10-4,11-5)12-6;1-2-6(7-3-1)8-4-5-9-6/h9H,1,7H2,2-6H3;1-5H2. The van der Waals surface area contributed by atoms with E-state index in [0.29, 0.717) is 13.2 Å². The van der Waals surface area contributed by atoms with Crippen molar-refractivity contribution in [2.24, 2.45) is 0 Å². The summed E-state index contributed by atoms with van der Waals surface area (Å²) in [4.78, 5) is 0. The Morgan fingerprint density at radius 2 is 1.59 bits per heavy atom. The summed E-state index contributed by atoms with van der Waals surface area (Å²) < 4.78 is 31.8. The maximum absolute atomic E-state index is 5.35. The van der Waals surface area contributed by atoms with Gasteiger partial charge in [-0.25, -0.2) is 0 Å². The summed E-state index contributed by atoms with van der Waals surface area (Å²) in [5.41, 5.74) is 1.38. The molecule has 7 heteroatoms. The van der Waals surface area contributed by atoms with Gasteiger partial charge in [-0.1, -0.05) is 12.5 Å². The Balaban J connectivity index is 0.000000231. The van der Waals surface area contributed by atoms with E-state index in [0.717, 1.165) is 31.4 Å². The minimum atomic E-state index is -2.44. The van der Waals surface area contributed by atoms with E-state index in [1.165, 1.54) is 0 Å². The van der Waals surface area contributed by atoms with Crippen LogP contribution >= 0.6 is 0 Å². The van der Waals surface area contributed by atoms with Gasteiger partial charge in [0.2, 0.25) is 0 Å². The summed E-state index contributed by atoms with van der Waals surface area (Å²) in [7, 11) is 2.45. The van der Waals surface area contributed by atoms with Gasteiger partial charge in [-0.3, -0.25) is 0 Å². The largest absolute Gasteiger partial charge is 0.503 e. The Kier molecular flexibility index (Phi) is 8.19. The zero-order chi connectivity index (χ0) is 16.6. The van der Waals surface area contributed by atoms with E-state index >= 15 is 0 Å². The average molecular weight is 334 g/mol. The molecule has 0 amide bonds. The minimum Gasteiger partial charge on any atom is -0.377 e. The Morgan fingerprint density at radius 3 is 1.95 bits per heavy atom.